The second kappa shape index (κ2) is 6.61. The van der Waals surface area contributed by atoms with E-state index in [1.807, 2.05) is 0 Å². The Balaban J connectivity index is 2.05. The maximum atomic E-state index is 4.79. The Morgan fingerprint density at radius 3 is 3.06 bits per heavy atom. The summed E-state index contributed by atoms with van der Waals surface area (Å²) in [7, 11) is 4.43. The topological polar surface area (TPSA) is 31.4 Å². The molecule has 0 saturated carbocycles. The van der Waals surface area contributed by atoms with E-state index in [0.717, 1.165) is 26.2 Å². The van der Waals surface area contributed by atoms with Gasteiger partial charge in [0.05, 0.1) is 11.7 Å². The lowest BCUT2D eigenvalue weighted by atomic mass is 10.2. The summed E-state index contributed by atoms with van der Waals surface area (Å²) in [6.45, 7) is 7.46. The van der Waals surface area contributed by atoms with E-state index in [1.54, 1.807) is 11.3 Å². The quantitative estimate of drug-likeness (QED) is 0.898. The van der Waals surface area contributed by atoms with Gasteiger partial charge < -0.3 is 10.2 Å². The first-order valence-corrected chi connectivity index (χ1v) is 7.62. The predicted molar refractivity (Wildman–Crippen MR) is 77.0 cm³/mol. The molecule has 0 spiro atoms. The third-order valence-electron chi connectivity index (χ3n) is 3.48. The first-order chi connectivity index (χ1) is 8.70. The third-order valence-corrected chi connectivity index (χ3v) is 4.47. The number of thiazole rings is 1. The molecule has 1 aromatic rings. The Morgan fingerprint density at radius 2 is 2.28 bits per heavy atom. The van der Waals surface area contributed by atoms with Crippen molar-refractivity contribution < 1.29 is 0 Å². The fourth-order valence-electron chi connectivity index (χ4n) is 2.35. The number of aromatic nitrogens is 1. The summed E-state index contributed by atoms with van der Waals surface area (Å²) in [5.74, 6) is 0. The molecular weight excluding hydrogens is 244 g/mol. The summed E-state index contributed by atoms with van der Waals surface area (Å²) in [4.78, 5) is 9.65. The molecule has 0 amide bonds. The Morgan fingerprint density at radius 1 is 1.44 bits per heavy atom. The molecule has 1 fully saturated rings. The molecule has 1 saturated heterocycles. The van der Waals surface area contributed by atoms with Gasteiger partial charge in [-0.3, -0.25) is 4.90 Å². The number of likely N-dealkylation sites (N-methyl/N-ethyl adjacent to an activating group) is 2. The minimum Gasteiger partial charge on any atom is -0.311 e. The van der Waals surface area contributed by atoms with Gasteiger partial charge in [-0.25, -0.2) is 4.98 Å². The fourth-order valence-corrected chi connectivity index (χ4v) is 3.32. The van der Waals surface area contributed by atoms with Crippen LogP contribution in [0.4, 0.5) is 0 Å². The van der Waals surface area contributed by atoms with E-state index in [1.165, 1.54) is 23.7 Å². The SMILES string of the molecule is CCNCc1csc(C2CN(C)CCCN2C)n1. The lowest BCUT2D eigenvalue weighted by Gasteiger charge is -2.25. The van der Waals surface area contributed by atoms with Gasteiger partial charge in [0.25, 0.3) is 0 Å². The van der Waals surface area contributed by atoms with Crippen molar-refractivity contribution in [1.29, 1.82) is 0 Å². The van der Waals surface area contributed by atoms with Crippen LogP contribution in [-0.2, 0) is 6.54 Å². The smallest absolute Gasteiger partial charge is 0.111 e. The zero-order valence-corrected chi connectivity index (χ0v) is 12.5. The first-order valence-electron chi connectivity index (χ1n) is 6.74. The molecule has 5 heteroatoms. The van der Waals surface area contributed by atoms with Crippen LogP contribution in [-0.4, -0.2) is 55.1 Å². The van der Waals surface area contributed by atoms with Crippen LogP contribution in [0.15, 0.2) is 5.38 Å². The maximum absolute atomic E-state index is 4.79. The van der Waals surface area contributed by atoms with E-state index >= 15 is 0 Å². The van der Waals surface area contributed by atoms with E-state index in [4.69, 9.17) is 4.98 Å². The Labute approximate surface area is 114 Å². The molecular formula is C13H24N4S. The van der Waals surface area contributed by atoms with Gasteiger partial charge in [0.1, 0.15) is 5.01 Å². The number of nitrogens with zero attached hydrogens (tertiary/aromatic N) is 3. The van der Waals surface area contributed by atoms with Crippen LogP contribution < -0.4 is 5.32 Å². The summed E-state index contributed by atoms with van der Waals surface area (Å²) in [5.41, 5.74) is 1.18. The van der Waals surface area contributed by atoms with Gasteiger partial charge >= 0.3 is 0 Å². The molecule has 1 aliphatic heterocycles. The van der Waals surface area contributed by atoms with Crippen LogP contribution in [0.25, 0.3) is 0 Å². The van der Waals surface area contributed by atoms with Crippen molar-refractivity contribution >= 4 is 11.3 Å². The largest absolute Gasteiger partial charge is 0.311 e. The first kappa shape index (κ1) is 13.9. The molecule has 1 unspecified atom stereocenters. The molecule has 18 heavy (non-hydrogen) atoms. The number of rotatable bonds is 4. The highest BCUT2D eigenvalue weighted by molar-refractivity contribution is 7.09. The van der Waals surface area contributed by atoms with Crippen LogP contribution in [0.3, 0.4) is 0 Å². The molecule has 1 aliphatic rings. The van der Waals surface area contributed by atoms with Crippen molar-refractivity contribution in [3.63, 3.8) is 0 Å². The molecule has 0 aliphatic carbocycles. The molecule has 0 radical (unpaired) electrons. The van der Waals surface area contributed by atoms with Crippen molar-refractivity contribution in [3.8, 4) is 0 Å². The van der Waals surface area contributed by atoms with Crippen molar-refractivity contribution in [2.75, 3.05) is 40.3 Å². The van der Waals surface area contributed by atoms with Crippen LogP contribution in [0.2, 0.25) is 0 Å². The number of hydrogen-bond acceptors (Lipinski definition) is 5. The Bertz CT molecular complexity index is 366. The standard InChI is InChI=1S/C13H24N4S/c1-4-14-8-11-10-18-13(15-11)12-9-16(2)6-5-7-17(12)3/h10,12,14H,4-9H2,1-3H3. The van der Waals surface area contributed by atoms with E-state index in [9.17, 15) is 0 Å². The van der Waals surface area contributed by atoms with Crippen molar-refractivity contribution in [3.05, 3.63) is 16.1 Å². The van der Waals surface area contributed by atoms with E-state index in [0.29, 0.717) is 6.04 Å². The van der Waals surface area contributed by atoms with E-state index in [-0.39, 0.29) is 0 Å². The Hall–Kier alpha value is -0.490. The van der Waals surface area contributed by atoms with Gasteiger partial charge in [-0.15, -0.1) is 11.3 Å². The highest BCUT2D eigenvalue weighted by Crippen LogP contribution is 2.26. The zero-order valence-electron chi connectivity index (χ0n) is 11.6. The highest BCUT2D eigenvalue weighted by atomic mass is 32.1. The van der Waals surface area contributed by atoms with Crippen molar-refractivity contribution in [2.45, 2.75) is 25.9 Å². The minimum atomic E-state index is 0.456. The summed E-state index contributed by atoms with van der Waals surface area (Å²) in [6.07, 6.45) is 1.25. The fraction of sp³-hybridized carbons (Fsp3) is 0.769. The molecule has 2 rings (SSSR count). The second-order valence-electron chi connectivity index (χ2n) is 5.07. The number of nitrogens with one attached hydrogen (secondary N) is 1. The van der Waals surface area contributed by atoms with Gasteiger partial charge in [0.2, 0.25) is 0 Å². The summed E-state index contributed by atoms with van der Waals surface area (Å²) >= 11 is 1.80. The van der Waals surface area contributed by atoms with Gasteiger partial charge in [0.15, 0.2) is 0 Å². The molecule has 1 aromatic heterocycles. The molecule has 1 N–H and O–H groups in total. The molecule has 4 nitrogen and oxygen atoms in total. The summed E-state index contributed by atoms with van der Waals surface area (Å²) in [5, 5.41) is 6.79. The minimum absolute atomic E-state index is 0.456. The van der Waals surface area contributed by atoms with Crippen molar-refractivity contribution in [1.82, 2.24) is 20.1 Å². The molecule has 102 valence electrons. The highest BCUT2D eigenvalue weighted by Gasteiger charge is 2.24. The van der Waals surface area contributed by atoms with E-state index < -0.39 is 0 Å². The molecule has 0 bridgehead atoms. The monoisotopic (exact) mass is 268 g/mol. The van der Waals surface area contributed by atoms with Gasteiger partial charge in [0, 0.05) is 18.5 Å². The predicted octanol–water partition coefficient (Wildman–Crippen LogP) is 1.56. The lowest BCUT2D eigenvalue weighted by molar-refractivity contribution is 0.228. The zero-order chi connectivity index (χ0) is 13.0. The van der Waals surface area contributed by atoms with Gasteiger partial charge in [-0.05, 0) is 40.2 Å². The van der Waals surface area contributed by atoms with Crippen LogP contribution in [0.5, 0.6) is 0 Å². The second-order valence-corrected chi connectivity index (χ2v) is 5.96. The van der Waals surface area contributed by atoms with Crippen LogP contribution >= 0.6 is 11.3 Å². The Kier molecular flexibility index (Phi) is 5.12. The van der Waals surface area contributed by atoms with Crippen molar-refractivity contribution in [2.24, 2.45) is 0 Å². The summed E-state index contributed by atoms with van der Waals surface area (Å²) < 4.78 is 0. The average molecular weight is 268 g/mol. The summed E-state index contributed by atoms with van der Waals surface area (Å²) in [6, 6.07) is 0.456. The van der Waals surface area contributed by atoms with Crippen LogP contribution in [0, 0.1) is 0 Å². The maximum Gasteiger partial charge on any atom is 0.111 e. The van der Waals surface area contributed by atoms with Gasteiger partial charge in [-0.1, -0.05) is 6.92 Å². The molecule has 2 heterocycles. The lowest BCUT2D eigenvalue weighted by Crippen LogP contribution is -2.30. The van der Waals surface area contributed by atoms with Gasteiger partial charge in [-0.2, -0.15) is 0 Å². The van der Waals surface area contributed by atoms with E-state index in [2.05, 4.69) is 41.5 Å². The molecule has 1 atom stereocenters. The van der Waals surface area contributed by atoms with Crippen LogP contribution in [0.1, 0.15) is 30.1 Å². The normalized spacial score (nSPS) is 23.2. The third kappa shape index (κ3) is 3.51. The average Bonchev–Trinajstić information content (AvgIpc) is 2.75. The molecule has 0 aromatic carbocycles. The number of hydrogen-bond donors (Lipinski definition) is 1.